The van der Waals surface area contributed by atoms with Crippen LogP contribution in [0.4, 0.5) is 10.1 Å². The van der Waals surface area contributed by atoms with Gasteiger partial charge in [-0.15, -0.1) is 0 Å². The maximum atomic E-state index is 13.5. The molecular formula is C14H10BrFN2O2S. The monoisotopic (exact) mass is 368 g/mol. The lowest BCUT2D eigenvalue weighted by molar-refractivity contribution is 0.588. The normalized spacial score (nSPS) is 11.0. The number of sulfonamides is 1. The maximum Gasteiger partial charge on any atom is 0.264 e. The first-order valence-electron chi connectivity index (χ1n) is 5.80. The van der Waals surface area contributed by atoms with Crippen molar-refractivity contribution in [2.45, 2.75) is 4.90 Å². The molecule has 0 aliphatic carbocycles. The summed E-state index contributed by atoms with van der Waals surface area (Å²) in [6.07, 6.45) is 0. The van der Waals surface area contributed by atoms with Crippen LogP contribution in [0.1, 0.15) is 5.56 Å². The van der Waals surface area contributed by atoms with E-state index < -0.39 is 15.8 Å². The Bertz CT molecular complexity index is 831. The molecule has 21 heavy (non-hydrogen) atoms. The number of halogens is 2. The van der Waals surface area contributed by atoms with E-state index >= 15 is 0 Å². The molecule has 4 nitrogen and oxygen atoms in total. The molecule has 0 saturated carbocycles. The maximum absolute atomic E-state index is 13.5. The third-order valence-corrected chi connectivity index (χ3v) is 5.31. The molecule has 0 heterocycles. The minimum Gasteiger partial charge on any atom is -0.269 e. The molecule has 108 valence electrons. The molecule has 2 aromatic rings. The van der Waals surface area contributed by atoms with Gasteiger partial charge >= 0.3 is 0 Å². The molecule has 0 aromatic heterocycles. The standard InChI is InChI=1S/C14H10BrFN2O2S/c1-18(11-4-2-3-10(7-11)9-17)21(19,20)12-5-6-13(15)14(16)8-12/h2-8H,1H3. The highest BCUT2D eigenvalue weighted by Crippen LogP contribution is 2.25. The molecule has 0 atom stereocenters. The van der Waals surface area contributed by atoms with Gasteiger partial charge in [-0.05, 0) is 52.3 Å². The van der Waals surface area contributed by atoms with Crippen molar-refractivity contribution in [2.75, 3.05) is 11.4 Å². The molecule has 0 saturated heterocycles. The third-order valence-electron chi connectivity index (χ3n) is 2.89. The zero-order valence-electron chi connectivity index (χ0n) is 10.9. The van der Waals surface area contributed by atoms with E-state index in [9.17, 15) is 12.8 Å². The van der Waals surface area contributed by atoms with Crippen molar-refractivity contribution < 1.29 is 12.8 Å². The van der Waals surface area contributed by atoms with Crippen molar-refractivity contribution >= 4 is 31.6 Å². The molecule has 0 radical (unpaired) electrons. The number of hydrogen-bond acceptors (Lipinski definition) is 3. The molecule has 0 bridgehead atoms. The van der Waals surface area contributed by atoms with Gasteiger partial charge in [0.05, 0.1) is 26.7 Å². The topological polar surface area (TPSA) is 61.2 Å². The number of nitriles is 1. The SMILES string of the molecule is CN(c1cccc(C#N)c1)S(=O)(=O)c1ccc(Br)c(F)c1. The summed E-state index contributed by atoms with van der Waals surface area (Å²) in [5.74, 6) is -0.657. The van der Waals surface area contributed by atoms with Crippen LogP contribution in [0.15, 0.2) is 51.8 Å². The average molecular weight is 369 g/mol. The minimum absolute atomic E-state index is 0.159. The Morgan fingerprint density at radius 3 is 2.57 bits per heavy atom. The highest BCUT2D eigenvalue weighted by molar-refractivity contribution is 9.10. The van der Waals surface area contributed by atoms with Gasteiger partial charge in [0, 0.05) is 7.05 Å². The molecule has 0 fully saturated rings. The van der Waals surface area contributed by atoms with Crippen molar-refractivity contribution in [3.8, 4) is 6.07 Å². The molecule has 0 unspecified atom stereocenters. The summed E-state index contributed by atoms with van der Waals surface area (Å²) in [6, 6.07) is 11.7. The van der Waals surface area contributed by atoms with E-state index in [4.69, 9.17) is 5.26 Å². The van der Waals surface area contributed by atoms with Crippen LogP contribution in [0.25, 0.3) is 0 Å². The van der Waals surface area contributed by atoms with Gasteiger partial charge < -0.3 is 0 Å². The smallest absolute Gasteiger partial charge is 0.264 e. The van der Waals surface area contributed by atoms with Crippen LogP contribution in [0.5, 0.6) is 0 Å². The van der Waals surface area contributed by atoms with Gasteiger partial charge in [-0.1, -0.05) is 6.07 Å². The van der Waals surface area contributed by atoms with Crippen molar-refractivity contribution in [2.24, 2.45) is 0 Å². The Hall–Kier alpha value is -1.91. The van der Waals surface area contributed by atoms with E-state index in [1.165, 1.54) is 25.2 Å². The number of anilines is 1. The van der Waals surface area contributed by atoms with Crippen LogP contribution in [-0.4, -0.2) is 15.5 Å². The number of nitrogens with zero attached hydrogens (tertiary/aromatic N) is 2. The van der Waals surface area contributed by atoms with Crippen LogP contribution < -0.4 is 4.31 Å². The molecule has 7 heteroatoms. The number of hydrogen-bond donors (Lipinski definition) is 0. The van der Waals surface area contributed by atoms with Crippen LogP contribution in [0.2, 0.25) is 0 Å². The largest absolute Gasteiger partial charge is 0.269 e. The van der Waals surface area contributed by atoms with E-state index in [1.54, 1.807) is 18.2 Å². The summed E-state index contributed by atoms with van der Waals surface area (Å²) < 4.78 is 39.6. The Morgan fingerprint density at radius 2 is 1.95 bits per heavy atom. The van der Waals surface area contributed by atoms with Crippen molar-refractivity contribution in [3.05, 3.63) is 58.3 Å². The molecule has 0 spiro atoms. The lowest BCUT2D eigenvalue weighted by Gasteiger charge is -2.19. The minimum atomic E-state index is -3.89. The molecule has 0 aliphatic rings. The summed E-state index contributed by atoms with van der Waals surface area (Å²) in [7, 11) is -2.54. The molecular weight excluding hydrogens is 359 g/mol. The Labute approximate surface area is 130 Å². The van der Waals surface area contributed by atoms with Crippen LogP contribution in [0.3, 0.4) is 0 Å². The van der Waals surface area contributed by atoms with Gasteiger partial charge in [0.1, 0.15) is 5.82 Å². The highest BCUT2D eigenvalue weighted by atomic mass is 79.9. The van der Waals surface area contributed by atoms with E-state index in [-0.39, 0.29) is 9.37 Å². The predicted octanol–water partition coefficient (Wildman–Crippen LogP) is 3.28. The van der Waals surface area contributed by atoms with Crippen LogP contribution >= 0.6 is 15.9 Å². The van der Waals surface area contributed by atoms with Crippen molar-refractivity contribution in [1.82, 2.24) is 0 Å². The van der Waals surface area contributed by atoms with E-state index in [2.05, 4.69) is 15.9 Å². The lowest BCUT2D eigenvalue weighted by Crippen LogP contribution is -2.26. The van der Waals surface area contributed by atoms with E-state index in [0.717, 1.165) is 10.4 Å². The molecule has 0 amide bonds. The quantitative estimate of drug-likeness (QED) is 0.834. The molecule has 0 aliphatic heterocycles. The summed E-state index contributed by atoms with van der Waals surface area (Å²) in [4.78, 5) is -0.159. The fourth-order valence-electron chi connectivity index (χ4n) is 1.71. The zero-order valence-corrected chi connectivity index (χ0v) is 13.3. The first-order valence-corrected chi connectivity index (χ1v) is 8.03. The first kappa shape index (κ1) is 15.5. The molecule has 2 rings (SSSR count). The third kappa shape index (κ3) is 3.06. The van der Waals surface area contributed by atoms with Gasteiger partial charge in [0.2, 0.25) is 0 Å². The summed E-state index contributed by atoms with van der Waals surface area (Å²) in [5.41, 5.74) is 0.675. The average Bonchev–Trinajstić information content (AvgIpc) is 2.49. The van der Waals surface area contributed by atoms with Gasteiger partial charge in [-0.2, -0.15) is 5.26 Å². The summed E-state index contributed by atoms with van der Waals surface area (Å²) >= 11 is 2.98. The van der Waals surface area contributed by atoms with Gasteiger partial charge in [0.15, 0.2) is 0 Å². The Balaban J connectivity index is 2.47. The number of rotatable bonds is 3. The van der Waals surface area contributed by atoms with Crippen molar-refractivity contribution in [3.63, 3.8) is 0 Å². The fraction of sp³-hybridized carbons (Fsp3) is 0.0714. The highest BCUT2D eigenvalue weighted by Gasteiger charge is 2.22. The zero-order chi connectivity index (χ0) is 15.6. The Morgan fingerprint density at radius 1 is 1.24 bits per heavy atom. The van der Waals surface area contributed by atoms with Crippen molar-refractivity contribution in [1.29, 1.82) is 5.26 Å². The van der Waals surface area contributed by atoms with E-state index in [1.807, 2.05) is 6.07 Å². The number of benzene rings is 2. The second-order valence-corrected chi connectivity index (χ2v) is 7.03. The first-order chi connectivity index (χ1) is 9.86. The van der Waals surface area contributed by atoms with E-state index in [0.29, 0.717) is 11.3 Å². The predicted molar refractivity (Wildman–Crippen MR) is 80.8 cm³/mol. The van der Waals surface area contributed by atoms with Crippen LogP contribution in [0, 0.1) is 17.1 Å². The van der Waals surface area contributed by atoms with Crippen LogP contribution in [-0.2, 0) is 10.0 Å². The lowest BCUT2D eigenvalue weighted by atomic mass is 10.2. The van der Waals surface area contributed by atoms with Gasteiger partial charge in [-0.25, -0.2) is 12.8 Å². The van der Waals surface area contributed by atoms with Gasteiger partial charge in [0.25, 0.3) is 10.0 Å². The second kappa shape index (κ2) is 5.84. The molecule has 2 aromatic carbocycles. The summed E-state index contributed by atoms with van der Waals surface area (Å²) in [5, 5.41) is 8.86. The molecule has 0 N–H and O–H groups in total. The second-order valence-electron chi connectivity index (χ2n) is 4.21. The fourth-order valence-corrected chi connectivity index (χ4v) is 3.15. The van der Waals surface area contributed by atoms with Gasteiger partial charge in [-0.3, -0.25) is 4.31 Å². The Kier molecular flexibility index (Phi) is 4.30. The summed E-state index contributed by atoms with van der Waals surface area (Å²) in [6.45, 7) is 0.